The topological polar surface area (TPSA) is 124 Å². The number of rotatable bonds is 0. The molecule has 3 aromatic heterocycles. The van der Waals surface area contributed by atoms with E-state index in [1.807, 2.05) is 20.8 Å². The molecule has 4 aromatic carbocycles. The minimum absolute atomic E-state index is 0.00593. The maximum atomic E-state index is 15.7. The SMILES string of the molecule is Cc1c(C)c(C)c2c3nc4nc(nc5c6c(F)c(F)c(F)c(F)c6c(nc6nc(nc([nH]3)c2c1C)-c1ccccc1-6)n5N)-c1c(F)c(F)c(F)c(F)c1-4. The molecule has 0 atom stereocenters. The van der Waals surface area contributed by atoms with E-state index < -0.39 is 91.4 Å². The first-order chi connectivity index (χ1) is 25.2. The van der Waals surface area contributed by atoms with E-state index in [0.29, 0.717) is 32.1 Å². The zero-order valence-electron chi connectivity index (χ0n) is 27.5. The molecule has 9 nitrogen and oxygen atoms in total. The van der Waals surface area contributed by atoms with E-state index in [1.54, 1.807) is 31.2 Å². The number of fused-ring (bicyclic) bond motifs is 20. The number of nitrogens with one attached hydrogen (secondary N) is 1. The minimum Gasteiger partial charge on any atom is -0.336 e. The van der Waals surface area contributed by atoms with Crippen molar-refractivity contribution in [2.45, 2.75) is 27.7 Å². The molecule has 0 fully saturated rings. The number of aromatic nitrogens is 8. The standard InChI is InChI=1S/C36H19F8N9/c1-9-10(2)12(4)16-15(11(9)3)31-47-29-13-7-5-6-8-14(13)30(46-29)51-35-19-20(24(40)28(44)27(43)23(19)39)36(53(35)45)52-34-18-17(33(50-34)49-32(16)48-31)21(37)25(41)26(42)22(18)38/h5-8H,45H2,1-4H3,(H,46,47,48,49,50,51,52). The molecule has 0 amide bonds. The molecule has 2 aliphatic heterocycles. The van der Waals surface area contributed by atoms with Crippen molar-refractivity contribution in [2.75, 3.05) is 5.84 Å². The van der Waals surface area contributed by atoms with Gasteiger partial charge >= 0.3 is 0 Å². The third-order valence-corrected chi connectivity index (χ3v) is 9.97. The zero-order chi connectivity index (χ0) is 37.5. The number of H-pyrrole nitrogens is 1. The summed E-state index contributed by atoms with van der Waals surface area (Å²) in [4.78, 5) is 29.4. The van der Waals surface area contributed by atoms with Gasteiger partial charge in [0.05, 0.1) is 21.9 Å². The Kier molecular flexibility index (Phi) is 6.57. The highest BCUT2D eigenvalue weighted by Gasteiger charge is 2.35. The molecular weight excluding hydrogens is 710 g/mol. The lowest BCUT2D eigenvalue weighted by molar-refractivity contribution is 0.412. The lowest BCUT2D eigenvalue weighted by Crippen LogP contribution is -2.09. The Balaban J connectivity index is 1.61. The van der Waals surface area contributed by atoms with Crippen LogP contribution < -0.4 is 5.84 Å². The van der Waals surface area contributed by atoms with E-state index in [1.165, 1.54) is 0 Å². The number of nitrogen functional groups attached to an aromatic ring is 1. The van der Waals surface area contributed by atoms with Crippen LogP contribution in [0.1, 0.15) is 22.3 Å². The van der Waals surface area contributed by atoms with Gasteiger partial charge in [-0.05, 0) is 49.9 Å². The van der Waals surface area contributed by atoms with Crippen molar-refractivity contribution in [2.24, 2.45) is 0 Å². The van der Waals surface area contributed by atoms with Crippen LogP contribution >= 0.6 is 0 Å². The maximum Gasteiger partial charge on any atom is 0.198 e. The van der Waals surface area contributed by atoms with Gasteiger partial charge in [-0.1, -0.05) is 24.3 Å². The number of hydrogen-bond acceptors (Lipinski definition) is 7. The van der Waals surface area contributed by atoms with E-state index in [0.717, 1.165) is 16.7 Å². The van der Waals surface area contributed by atoms with Crippen molar-refractivity contribution in [3.63, 3.8) is 0 Å². The summed E-state index contributed by atoms with van der Waals surface area (Å²) in [5.74, 6) is -12.1. The molecule has 0 aliphatic carbocycles. The van der Waals surface area contributed by atoms with Crippen LogP contribution in [-0.4, -0.2) is 39.6 Å². The van der Waals surface area contributed by atoms with Gasteiger partial charge in [0, 0.05) is 21.9 Å². The van der Waals surface area contributed by atoms with Gasteiger partial charge in [0.1, 0.15) is 11.3 Å². The third-order valence-electron chi connectivity index (χ3n) is 9.97. The highest BCUT2D eigenvalue weighted by molar-refractivity contribution is 6.10. The molecule has 2 aliphatic rings. The first-order valence-corrected chi connectivity index (χ1v) is 15.7. The van der Waals surface area contributed by atoms with Gasteiger partial charge in [0.2, 0.25) is 0 Å². The van der Waals surface area contributed by atoms with Crippen molar-refractivity contribution < 1.29 is 35.1 Å². The highest BCUT2D eigenvalue weighted by atomic mass is 19.2. The van der Waals surface area contributed by atoms with Crippen LogP contribution in [0.2, 0.25) is 0 Å². The fourth-order valence-corrected chi connectivity index (χ4v) is 7.02. The lowest BCUT2D eigenvalue weighted by Gasteiger charge is -2.11. The molecule has 0 radical (unpaired) electrons. The van der Waals surface area contributed by atoms with Crippen LogP contribution in [0, 0.1) is 74.2 Å². The summed E-state index contributed by atoms with van der Waals surface area (Å²) >= 11 is 0. The second kappa shape index (κ2) is 10.8. The molecule has 0 saturated carbocycles. The fourth-order valence-electron chi connectivity index (χ4n) is 7.02. The van der Waals surface area contributed by atoms with Crippen LogP contribution in [0.15, 0.2) is 24.3 Å². The van der Waals surface area contributed by atoms with E-state index in [4.69, 9.17) is 10.8 Å². The van der Waals surface area contributed by atoms with Crippen LogP contribution in [-0.2, 0) is 0 Å². The van der Waals surface area contributed by atoms with Crippen molar-refractivity contribution in [1.82, 2.24) is 39.6 Å². The Morgan fingerprint density at radius 2 is 0.830 bits per heavy atom. The molecule has 53 heavy (non-hydrogen) atoms. The van der Waals surface area contributed by atoms with E-state index >= 15 is 17.6 Å². The molecule has 9 rings (SSSR count). The second-order valence-electron chi connectivity index (χ2n) is 12.6. The Hall–Kier alpha value is -6.52. The Bertz CT molecular complexity index is 3060. The third kappa shape index (κ3) is 4.12. The zero-order valence-corrected chi connectivity index (χ0v) is 27.5. The fraction of sp³-hybridized carbons (Fsp3) is 0.111. The molecule has 3 N–H and O–H groups in total. The summed E-state index contributed by atoms with van der Waals surface area (Å²) in [5.41, 5.74) is 0.559. The van der Waals surface area contributed by atoms with Gasteiger partial charge in [-0.15, -0.1) is 0 Å². The smallest absolute Gasteiger partial charge is 0.198 e. The molecule has 17 heteroatoms. The predicted molar refractivity (Wildman–Crippen MR) is 178 cm³/mol. The number of halogens is 8. The van der Waals surface area contributed by atoms with Crippen molar-refractivity contribution in [3.8, 4) is 45.6 Å². The van der Waals surface area contributed by atoms with E-state index in [9.17, 15) is 17.6 Å². The number of benzene rings is 4. The number of hydrogen-bond donors (Lipinski definition) is 2. The summed E-state index contributed by atoms with van der Waals surface area (Å²) in [6, 6.07) is 6.60. The summed E-state index contributed by atoms with van der Waals surface area (Å²) in [6.07, 6.45) is 0. The van der Waals surface area contributed by atoms with Gasteiger partial charge in [-0.25, -0.2) is 69.7 Å². The first-order valence-electron chi connectivity index (χ1n) is 15.7. The molecule has 7 aromatic rings. The van der Waals surface area contributed by atoms with E-state index in [-0.39, 0.29) is 22.9 Å². The van der Waals surface area contributed by atoms with E-state index in [2.05, 4.69) is 29.9 Å². The first kappa shape index (κ1) is 32.4. The summed E-state index contributed by atoms with van der Waals surface area (Å²) in [6.45, 7) is 7.42. The lowest BCUT2D eigenvalue weighted by atomic mass is 9.94. The van der Waals surface area contributed by atoms with Gasteiger partial charge in [-0.3, -0.25) is 0 Å². The number of nitrogens with zero attached hydrogens (tertiary/aromatic N) is 7. The van der Waals surface area contributed by atoms with Crippen LogP contribution in [0.3, 0.4) is 0 Å². The molecule has 0 unspecified atom stereocenters. The van der Waals surface area contributed by atoms with Gasteiger partial charge in [0.15, 0.2) is 81.1 Å². The van der Waals surface area contributed by atoms with Gasteiger partial charge in [0.25, 0.3) is 0 Å². The van der Waals surface area contributed by atoms with Crippen LogP contribution in [0.5, 0.6) is 0 Å². The van der Waals surface area contributed by atoms with Crippen LogP contribution in [0.25, 0.3) is 89.7 Å². The summed E-state index contributed by atoms with van der Waals surface area (Å²) in [7, 11) is 0. The largest absolute Gasteiger partial charge is 0.336 e. The monoisotopic (exact) mass is 729 g/mol. The quantitative estimate of drug-likeness (QED) is 0.0696. The van der Waals surface area contributed by atoms with Crippen LogP contribution in [0.4, 0.5) is 35.1 Å². The number of aromatic amines is 1. The van der Waals surface area contributed by atoms with Crippen molar-refractivity contribution in [3.05, 3.63) is 93.1 Å². The molecular formula is C36H19F8N9. The predicted octanol–water partition coefficient (Wildman–Crippen LogP) is 8.40. The average molecular weight is 730 g/mol. The average Bonchev–Trinajstić information content (AvgIpc) is 3.87. The summed E-state index contributed by atoms with van der Waals surface area (Å²) in [5, 5.41) is -1.04. The Labute approximate surface area is 290 Å². The van der Waals surface area contributed by atoms with Crippen molar-refractivity contribution >= 4 is 44.1 Å². The highest BCUT2D eigenvalue weighted by Crippen LogP contribution is 2.43. The summed E-state index contributed by atoms with van der Waals surface area (Å²) < 4.78 is 122. The number of aryl methyl sites for hydroxylation is 2. The van der Waals surface area contributed by atoms with Gasteiger partial charge in [-0.2, -0.15) is 0 Å². The minimum atomic E-state index is -2.25. The molecule has 0 spiro atoms. The second-order valence-corrected chi connectivity index (χ2v) is 12.6. The van der Waals surface area contributed by atoms with Crippen molar-refractivity contribution in [1.29, 1.82) is 0 Å². The Morgan fingerprint density at radius 3 is 1.32 bits per heavy atom. The molecule has 0 saturated heterocycles. The van der Waals surface area contributed by atoms with Gasteiger partial charge < -0.3 is 10.8 Å². The number of nitrogens with two attached hydrogens (primary N) is 1. The molecule has 8 bridgehead atoms. The Morgan fingerprint density at radius 1 is 0.453 bits per heavy atom. The molecule has 5 heterocycles. The molecule has 264 valence electrons. The normalized spacial score (nSPS) is 12.2. The maximum absolute atomic E-state index is 15.7.